The fraction of sp³-hybridized carbons (Fsp3) is 0.323. The van der Waals surface area contributed by atoms with Crippen LogP contribution in [0.25, 0.3) is 10.9 Å². The first kappa shape index (κ1) is 26.3. The van der Waals surface area contributed by atoms with E-state index in [1.165, 1.54) is 5.56 Å². The van der Waals surface area contributed by atoms with E-state index in [0.29, 0.717) is 18.0 Å². The number of ether oxygens (including phenoxy) is 2. The molecule has 1 fully saturated rings. The molecule has 0 unspecified atom stereocenters. The minimum atomic E-state index is -0.126. The molecule has 0 bridgehead atoms. The number of nitrogens with one attached hydrogen (secondary N) is 1. The van der Waals surface area contributed by atoms with Crippen LogP contribution in [-0.2, 0) is 16.1 Å². The van der Waals surface area contributed by atoms with Crippen LogP contribution < -0.4 is 10.1 Å². The molecular weight excluding hydrogens is 498 g/mol. The highest BCUT2D eigenvalue weighted by molar-refractivity contribution is 6.30. The molecule has 4 aromatic rings. The Morgan fingerprint density at radius 2 is 1.84 bits per heavy atom. The molecule has 3 aromatic carbocycles. The zero-order chi connectivity index (χ0) is 26.3. The van der Waals surface area contributed by atoms with Crippen LogP contribution in [0, 0.1) is 0 Å². The maximum Gasteiger partial charge on any atom is 0.220 e. The van der Waals surface area contributed by atoms with Crippen LogP contribution in [0.15, 0.2) is 79.0 Å². The number of rotatable bonds is 10. The molecule has 0 saturated carbocycles. The van der Waals surface area contributed by atoms with Gasteiger partial charge < -0.3 is 19.4 Å². The van der Waals surface area contributed by atoms with Gasteiger partial charge in [-0.25, -0.2) is 0 Å². The SMILES string of the molecule is COc1ccc(Cn2cc([C@H](CC(=O)NCCN3CCOCC3)c3cccc(Cl)c3)c3ccccc32)cc1. The minimum Gasteiger partial charge on any atom is -0.497 e. The number of halogens is 1. The van der Waals surface area contributed by atoms with Crippen molar-refractivity contribution in [1.82, 2.24) is 14.8 Å². The molecule has 6 nitrogen and oxygen atoms in total. The maximum absolute atomic E-state index is 13.2. The Balaban J connectivity index is 1.41. The molecule has 1 N–H and O–H groups in total. The van der Waals surface area contributed by atoms with Crippen molar-refractivity contribution in [2.45, 2.75) is 18.9 Å². The molecule has 1 saturated heterocycles. The highest BCUT2D eigenvalue weighted by Gasteiger charge is 2.23. The Labute approximate surface area is 229 Å². The van der Waals surface area contributed by atoms with Crippen LogP contribution in [0.3, 0.4) is 0 Å². The highest BCUT2D eigenvalue weighted by Crippen LogP contribution is 2.36. The Morgan fingerprint density at radius 1 is 1.05 bits per heavy atom. The van der Waals surface area contributed by atoms with E-state index in [2.05, 4.69) is 63.4 Å². The Kier molecular flexibility index (Phi) is 8.64. The van der Waals surface area contributed by atoms with Gasteiger partial charge in [0.1, 0.15) is 5.75 Å². The summed E-state index contributed by atoms with van der Waals surface area (Å²) in [6, 6.07) is 24.4. The van der Waals surface area contributed by atoms with Crippen molar-refractivity contribution in [3.05, 3.63) is 101 Å². The van der Waals surface area contributed by atoms with Gasteiger partial charge in [-0.15, -0.1) is 0 Å². The topological polar surface area (TPSA) is 55.7 Å². The molecule has 0 radical (unpaired) electrons. The van der Waals surface area contributed by atoms with E-state index in [-0.39, 0.29) is 11.8 Å². The number of para-hydroxylation sites is 1. The lowest BCUT2D eigenvalue weighted by atomic mass is 9.88. The van der Waals surface area contributed by atoms with E-state index >= 15 is 0 Å². The van der Waals surface area contributed by atoms with Crippen molar-refractivity contribution in [2.75, 3.05) is 46.5 Å². The molecule has 1 amide bonds. The normalized spacial score (nSPS) is 14.9. The van der Waals surface area contributed by atoms with E-state index < -0.39 is 0 Å². The fourth-order valence-corrected chi connectivity index (χ4v) is 5.38. The molecule has 1 aliphatic heterocycles. The maximum atomic E-state index is 13.2. The van der Waals surface area contributed by atoms with Gasteiger partial charge in [-0.3, -0.25) is 9.69 Å². The van der Waals surface area contributed by atoms with Crippen molar-refractivity contribution in [1.29, 1.82) is 0 Å². The van der Waals surface area contributed by atoms with Crippen LogP contribution in [0.5, 0.6) is 5.75 Å². The molecule has 1 atom stereocenters. The van der Waals surface area contributed by atoms with E-state index in [1.807, 2.05) is 30.3 Å². The summed E-state index contributed by atoms with van der Waals surface area (Å²) in [6.07, 6.45) is 2.54. The van der Waals surface area contributed by atoms with Gasteiger partial charge in [0.25, 0.3) is 0 Å². The average Bonchev–Trinajstić information content (AvgIpc) is 3.30. The van der Waals surface area contributed by atoms with Crippen molar-refractivity contribution >= 4 is 28.4 Å². The second kappa shape index (κ2) is 12.5. The number of morpholine rings is 1. The molecule has 2 heterocycles. The molecule has 198 valence electrons. The van der Waals surface area contributed by atoms with Gasteiger partial charge in [-0.05, 0) is 47.0 Å². The predicted octanol–water partition coefficient (Wildman–Crippen LogP) is 5.32. The quantitative estimate of drug-likeness (QED) is 0.301. The summed E-state index contributed by atoms with van der Waals surface area (Å²) in [4.78, 5) is 15.5. The van der Waals surface area contributed by atoms with Gasteiger partial charge in [0, 0.05) is 67.2 Å². The second-order valence-corrected chi connectivity index (χ2v) is 10.1. The van der Waals surface area contributed by atoms with Gasteiger partial charge in [0.05, 0.1) is 20.3 Å². The largest absolute Gasteiger partial charge is 0.497 e. The number of carbonyl (C=O) groups excluding carboxylic acids is 1. The number of benzene rings is 3. The fourth-order valence-electron chi connectivity index (χ4n) is 5.18. The monoisotopic (exact) mass is 531 g/mol. The lowest BCUT2D eigenvalue weighted by Crippen LogP contribution is -2.41. The molecular formula is C31H34ClN3O3. The van der Waals surface area contributed by atoms with Crippen LogP contribution in [-0.4, -0.2) is 61.9 Å². The van der Waals surface area contributed by atoms with Crippen molar-refractivity contribution in [3.63, 3.8) is 0 Å². The Morgan fingerprint density at radius 3 is 2.61 bits per heavy atom. The van der Waals surface area contributed by atoms with Gasteiger partial charge >= 0.3 is 0 Å². The molecule has 1 aliphatic rings. The zero-order valence-corrected chi connectivity index (χ0v) is 22.5. The number of hydrogen-bond donors (Lipinski definition) is 1. The predicted molar refractivity (Wildman–Crippen MR) is 152 cm³/mol. The Hall–Kier alpha value is -3.32. The minimum absolute atomic E-state index is 0.0372. The van der Waals surface area contributed by atoms with E-state index in [4.69, 9.17) is 21.1 Å². The van der Waals surface area contributed by atoms with Gasteiger partial charge in [-0.2, -0.15) is 0 Å². The summed E-state index contributed by atoms with van der Waals surface area (Å²) >= 11 is 6.41. The second-order valence-electron chi connectivity index (χ2n) is 9.69. The van der Waals surface area contributed by atoms with Crippen molar-refractivity contribution < 1.29 is 14.3 Å². The smallest absolute Gasteiger partial charge is 0.220 e. The van der Waals surface area contributed by atoms with E-state index in [1.54, 1.807) is 7.11 Å². The lowest BCUT2D eigenvalue weighted by Gasteiger charge is -2.26. The van der Waals surface area contributed by atoms with Gasteiger partial charge in [-0.1, -0.05) is 54.1 Å². The molecule has 1 aromatic heterocycles. The van der Waals surface area contributed by atoms with Crippen molar-refractivity contribution in [3.8, 4) is 5.75 Å². The third kappa shape index (κ3) is 6.38. The molecule has 0 aliphatic carbocycles. The summed E-state index contributed by atoms with van der Waals surface area (Å²) < 4.78 is 13.0. The molecule has 0 spiro atoms. The van der Waals surface area contributed by atoms with Crippen molar-refractivity contribution in [2.24, 2.45) is 0 Å². The van der Waals surface area contributed by atoms with Crippen LogP contribution in [0.2, 0.25) is 5.02 Å². The third-order valence-corrected chi connectivity index (χ3v) is 7.44. The number of aromatic nitrogens is 1. The first-order valence-corrected chi connectivity index (χ1v) is 13.5. The first-order chi connectivity index (χ1) is 18.6. The zero-order valence-electron chi connectivity index (χ0n) is 21.7. The molecule has 38 heavy (non-hydrogen) atoms. The number of fused-ring (bicyclic) bond motifs is 1. The summed E-state index contributed by atoms with van der Waals surface area (Å²) in [5, 5.41) is 4.96. The average molecular weight is 532 g/mol. The lowest BCUT2D eigenvalue weighted by molar-refractivity contribution is -0.121. The summed E-state index contributed by atoms with van der Waals surface area (Å²) in [7, 11) is 1.68. The standard InChI is InChI=1S/C31H34ClN3O3/c1-37-26-11-9-23(10-12-26)21-35-22-29(27-7-2-3-8-30(27)35)28(24-5-4-6-25(32)19-24)20-31(36)33-13-14-34-15-17-38-18-16-34/h2-12,19,22,28H,13-18,20-21H2,1H3,(H,33,36)/t28-/m1/s1. The summed E-state index contributed by atoms with van der Waals surface area (Å²) in [5.74, 6) is 0.752. The third-order valence-electron chi connectivity index (χ3n) is 7.20. The number of methoxy groups -OCH3 is 1. The first-order valence-electron chi connectivity index (χ1n) is 13.1. The van der Waals surface area contributed by atoms with E-state index in [9.17, 15) is 4.79 Å². The number of hydrogen-bond acceptors (Lipinski definition) is 4. The number of amides is 1. The highest BCUT2D eigenvalue weighted by atomic mass is 35.5. The summed E-state index contributed by atoms with van der Waals surface area (Å²) in [5.41, 5.74) is 4.48. The van der Waals surface area contributed by atoms with E-state index in [0.717, 1.165) is 67.2 Å². The molecule has 7 heteroatoms. The summed E-state index contributed by atoms with van der Waals surface area (Å²) in [6.45, 7) is 5.51. The molecule has 5 rings (SSSR count). The number of nitrogens with zero attached hydrogens (tertiary/aromatic N) is 2. The van der Waals surface area contributed by atoms with Crippen LogP contribution in [0.4, 0.5) is 0 Å². The van der Waals surface area contributed by atoms with Gasteiger partial charge in [0.15, 0.2) is 0 Å². The Bertz CT molecular complexity index is 1360. The van der Waals surface area contributed by atoms with Crippen LogP contribution in [0.1, 0.15) is 29.0 Å². The van der Waals surface area contributed by atoms with Crippen LogP contribution >= 0.6 is 11.6 Å². The number of carbonyl (C=O) groups is 1. The van der Waals surface area contributed by atoms with Gasteiger partial charge in [0.2, 0.25) is 5.91 Å².